The molecule has 1 atom stereocenters. The Bertz CT molecular complexity index is 3290. The van der Waals surface area contributed by atoms with E-state index in [0.29, 0.717) is 5.92 Å². The van der Waals surface area contributed by atoms with E-state index in [1.54, 1.807) is 0 Å². The van der Waals surface area contributed by atoms with Gasteiger partial charge in [0.2, 0.25) is 5.69 Å². The van der Waals surface area contributed by atoms with Gasteiger partial charge in [-0.15, -0.1) is 0 Å². The zero-order valence-corrected chi connectivity index (χ0v) is 41.1. The van der Waals surface area contributed by atoms with Gasteiger partial charge >= 0.3 is 49.4 Å². The molecule has 0 spiro atoms. The average Bonchev–Trinajstić information content (AvgIpc) is 1.41. The van der Waals surface area contributed by atoms with Gasteiger partial charge in [0.05, 0.1) is 55.8 Å². The zero-order valence-electron chi connectivity index (χ0n) is 41.1. The van der Waals surface area contributed by atoms with Crippen LogP contribution in [0.3, 0.4) is 0 Å². The molecule has 1 aliphatic rings. The van der Waals surface area contributed by atoms with Gasteiger partial charge in [-0.1, -0.05) is 133 Å². The lowest BCUT2D eigenvalue weighted by atomic mass is 9.12. The number of allylic oxidation sites excluding steroid dienone is 1. The lowest BCUT2D eigenvalue weighted by Gasteiger charge is -2.46. The summed E-state index contributed by atoms with van der Waals surface area (Å²) >= 11 is 0. The third kappa shape index (κ3) is 13.0. The summed E-state index contributed by atoms with van der Waals surface area (Å²) in [5, 5.41) is 2.63. The summed E-state index contributed by atoms with van der Waals surface area (Å²) in [5.74, 6) is 0.293. The summed E-state index contributed by atoms with van der Waals surface area (Å²) in [6.45, 7) is 0.882. The monoisotopic (exact) mass is 1200 g/mol. The van der Waals surface area contributed by atoms with Crippen LogP contribution >= 0.6 is 0 Å². The Labute approximate surface area is 452 Å². The first kappa shape index (κ1) is 61.2. The van der Waals surface area contributed by atoms with Gasteiger partial charge in [-0.3, -0.25) is 0 Å². The number of benzene rings is 7. The fourth-order valence-electron chi connectivity index (χ4n) is 10.1. The Morgan fingerprint density at radius 1 is 0.337 bits per heavy atom. The number of rotatable bonds is 7. The standard InChI is InChI=1S/C32H12BF24.C25H20N/c34-25(35,36)13-1-14(26(37,38)39)6-21(5-13)33(22-7-15(27(40,41)42)2-16(8-22)28(43,44)45,23-9-17(29(46,47)48)3-18(10-23)30(49,50)51)24-11-19(31(52,53)54)4-20(12-24)32(55,56)57;1-2-8-19(9-3-1)18-26-17-16-21-11-5-7-13-23(21)25(26)24-15-14-20-10-4-6-12-22(20)24/h1-12H;1-17,24H,18H2/q-1;+1. The first-order valence-electron chi connectivity index (χ1n) is 23.7. The number of hydrogen-bond acceptors (Lipinski definition) is 0. The summed E-state index contributed by atoms with van der Waals surface area (Å²) in [6, 6.07) is 21.6. The average molecular weight is 1200 g/mol. The molecule has 0 fully saturated rings. The van der Waals surface area contributed by atoms with E-state index in [9.17, 15) is 105 Å². The molecular weight excluding hydrogens is 1170 g/mol. The number of fused-ring (bicyclic) bond motifs is 2. The van der Waals surface area contributed by atoms with Crippen LogP contribution in [0.1, 0.15) is 72.8 Å². The van der Waals surface area contributed by atoms with E-state index in [1.807, 2.05) is 0 Å². The molecule has 0 amide bonds. The number of alkyl halides is 24. The van der Waals surface area contributed by atoms with Crippen molar-refractivity contribution in [1.82, 2.24) is 0 Å². The van der Waals surface area contributed by atoms with E-state index < -0.39 is 195 Å². The lowest BCUT2D eigenvalue weighted by Crippen LogP contribution is -2.75. The molecule has 7 aromatic carbocycles. The molecule has 0 saturated heterocycles. The molecule has 0 bridgehead atoms. The molecule has 1 aliphatic carbocycles. The minimum absolute atomic E-state index is 0.293. The summed E-state index contributed by atoms with van der Waals surface area (Å²) in [4.78, 5) is 0. The number of pyridine rings is 1. The van der Waals surface area contributed by atoms with Crippen LogP contribution < -0.4 is 26.4 Å². The van der Waals surface area contributed by atoms with Gasteiger partial charge in [0, 0.05) is 11.6 Å². The highest BCUT2D eigenvalue weighted by Crippen LogP contribution is 2.42. The summed E-state index contributed by atoms with van der Waals surface area (Å²) < 4.78 is 343. The van der Waals surface area contributed by atoms with E-state index in [1.165, 1.54) is 33.2 Å². The van der Waals surface area contributed by atoms with Crippen molar-refractivity contribution in [3.63, 3.8) is 0 Å². The molecule has 436 valence electrons. The molecule has 9 rings (SSSR count). The fourth-order valence-corrected chi connectivity index (χ4v) is 10.1. The van der Waals surface area contributed by atoms with Gasteiger partial charge in [0.1, 0.15) is 6.15 Å². The number of nitrogens with zero attached hydrogens (tertiary/aromatic N) is 1. The van der Waals surface area contributed by atoms with Crippen molar-refractivity contribution in [2.24, 2.45) is 0 Å². The minimum Gasteiger partial charge on any atom is -0.197 e. The molecule has 1 aromatic heterocycles. The number of aromatic nitrogens is 1. The number of hydrogen-bond donors (Lipinski definition) is 0. The van der Waals surface area contributed by atoms with Gasteiger partial charge in [-0.25, -0.2) is 0 Å². The molecule has 1 heterocycles. The summed E-state index contributed by atoms with van der Waals surface area (Å²) in [7, 11) is 0. The fraction of sp³-hybridized carbons (Fsp3) is 0.175. The molecule has 0 aliphatic heterocycles. The van der Waals surface area contributed by atoms with Gasteiger partial charge < -0.3 is 0 Å². The first-order valence-corrected chi connectivity index (χ1v) is 23.7. The topological polar surface area (TPSA) is 3.88 Å². The van der Waals surface area contributed by atoms with Crippen LogP contribution in [-0.4, -0.2) is 6.15 Å². The van der Waals surface area contributed by atoms with Crippen molar-refractivity contribution in [3.8, 4) is 0 Å². The summed E-state index contributed by atoms with van der Waals surface area (Å²) in [5.41, 5.74) is -24.8. The molecule has 0 radical (unpaired) electrons. The molecule has 83 heavy (non-hydrogen) atoms. The van der Waals surface area contributed by atoms with Crippen molar-refractivity contribution < 1.29 is 110 Å². The van der Waals surface area contributed by atoms with E-state index in [0.717, 1.165) is 6.54 Å². The third-order valence-electron chi connectivity index (χ3n) is 13.7. The van der Waals surface area contributed by atoms with Crippen LogP contribution in [-0.2, 0) is 56.0 Å². The quantitative estimate of drug-likeness (QED) is 0.0851. The van der Waals surface area contributed by atoms with Gasteiger partial charge in [-0.05, 0) is 46.8 Å². The van der Waals surface area contributed by atoms with Crippen molar-refractivity contribution in [3.05, 3.63) is 237 Å². The zero-order chi connectivity index (χ0) is 61.3. The Morgan fingerprint density at radius 3 is 1.00 bits per heavy atom. The SMILES string of the molecule is C1=CC(c2c3ccccc3cc[n+]2Cc2ccccc2)c2ccccc21.FC(F)(F)c1cc([B-](c2cc(C(F)(F)F)cc(C(F)(F)F)c2)(c2cc(C(F)(F)F)cc(C(F)(F)F)c2)c2cc(C(F)(F)F)cc(C(F)(F)F)c2)cc(C(F)(F)F)c1. The third-order valence-corrected chi connectivity index (χ3v) is 13.7. The Hall–Kier alpha value is -7.93. The second-order valence-corrected chi connectivity index (χ2v) is 19.1. The molecule has 8 aromatic rings. The first-order chi connectivity index (χ1) is 38.2. The van der Waals surface area contributed by atoms with Crippen LogP contribution in [0.15, 0.2) is 170 Å². The second kappa shape index (κ2) is 21.4. The van der Waals surface area contributed by atoms with Gasteiger partial charge in [0.15, 0.2) is 12.7 Å². The van der Waals surface area contributed by atoms with Crippen LogP contribution in [0.4, 0.5) is 105 Å². The van der Waals surface area contributed by atoms with Crippen molar-refractivity contribution >= 4 is 44.8 Å². The maximum atomic E-state index is 14.2. The van der Waals surface area contributed by atoms with Crippen LogP contribution in [0.2, 0.25) is 0 Å². The van der Waals surface area contributed by atoms with Crippen LogP contribution in [0.5, 0.6) is 0 Å². The van der Waals surface area contributed by atoms with Gasteiger partial charge in [-0.2, -0.15) is 132 Å². The van der Waals surface area contributed by atoms with Crippen LogP contribution in [0.25, 0.3) is 16.8 Å². The van der Waals surface area contributed by atoms with Crippen molar-refractivity contribution in [2.45, 2.75) is 61.9 Å². The van der Waals surface area contributed by atoms with E-state index in [4.69, 9.17) is 0 Å². The summed E-state index contributed by atoms with van der Waals surface area (Å²) in [6.07, 6.45) is -48.0. The highest BCUT2D eigenvalue weighted by Gasteiger charge is 2.47. The second-order valence-electron chi connectivity index (χ2n) is 19.1. The maximum absolute atomic E-state index is 14.2. The smallest absolute Gasteiger partial charge is 0.197 e. The highest BCUT2D eigenvalue weighted by atomic mass is 19.4. The molecule has 1 nitrogen and oxygen atoms in total. The van der Waals surface area contributed by atoms with E-state index in [-0.39, 0.29) is 0 Å². The minimum atomic E-state index is -6.13. The lowest BCUT2D eigenvalue weighted by molar-refractivity contribution is -0.694. The Balaban J connectivity index is 0.000000283. The largest absolute Gasteiger partial charge is 0.416 e. The maximum Gasteiger partial charge on any atom is 0.416 e. The normalized spacial score (nSPS) is 14.6. The van der Waals surface area contributed by atoms with Gasteiger partial charge in [0.25, 0.3) is 0 Å². The van der Waals surface area contributed by atoms with E-state index in [2.05, 4.69) is 108 Å². The number of halogens is 24. The molecule has 26 heteroatoms. The molecule has 0 saturated carbocycles. The van der Waals surface area contributed by atoms with Crippen molar-refractivity contribution in [1.29, 1.82) is 0 Å². The van der Waals surface area contributed by atoms with E-state index >= 15 is 0 Å². The molecule has 1 unspecified atom stereocenters. The molecule has 0 N–H and O–H groups in total. The Kier molecular flexibility index (Phi) is 15.7. The molecular formula is C57H32BF24N. The van der Waals surface area contributed by atoms with Crippen LogP contribution in [0, 0.1) is 0 Å². The predicted octanol–water partition coefficient (Wildman–Crippen LogP) is 16.5. The Morgan fingerprint density at radius 2 is 0.651 bits per heavy atom. The van der Waals surface area contributed by atoms with Crippen molar-refractivity contribution in [2.75, 3.05) is 0 Å². The highest BCUT2D eigenvalue weighted by molar-refractivity contribution is 7.20. The predicted molar refractivity (Wildman–Crippen MR) is 257 cm³/mol.